The van der Waals surface area contributed by atoms with Gasteiger partial charge in [0, 0.05) is 30.3 Å². The predicted octanol–water partition coefficient (Wildman–Crippen LogP) is 6.68. The van der Waals surface area contributed by atoms with Gasteiger partial charge < -0.3 is 36.1 Å². The number of unbranched alkanes of at least 4 members (excludes halogenated alkanes) is 1. The van der Waals surface area contributed by atoms with Gasteiger partial charge in [-0.2, -0.15) is 0 Å². The maximum Gasteiger partial charge on any atom is 0.115 e. The molecule has 8 unspecified atom stereocenters. The lowest BCUT2D eigenvalue weighted by Gasteiger charge is -2.43. The second-order valence-electron chi connectivity index (χ2n) is 13.8. The third-order valence-electron chi connectivity index (χ3n) is 9.04. The molecular formula is C32H69N3O4. The molecule has 0 amide bonds. The van der Waals surface area contributed by atoms with Crippen molar-refractivity contribution in [3.8, 4) is 0 Å². The van der Waals surface area contributed by atoms with Crippen LogP contribution in [0.4, 0.5) is 0 Å². The van der Waals surface area contributed by atoms with Gasteiger partial charge in [-0.25, -0.2) is 0 Å². The van der Waals surface area contributed by atoms with Crippen LogP contribution >= 0.6 is 0 Å². The molecule has 0 spiro atoms. The van der Waals surface area contributed by atoms with E-state index >= 15 is 0 Å². The van der Waals surface area contributed by atoms with E-state index in [4.69, 9.17) is 36.1 Å². The van der Waals surface area contributed by atoms with Crippen LogP contribution in [0.2, 0.25) is 0 Å². The Kier molecular flexibility index (Phi) is 16.3. The first-order chi connectivity index (χ1) is 17.7. The number of hydrogen-bond acceptors (Lipinski definition) is 7. The molecule has 7 heteroatoms. The van der Waals surface area contributed by atoms with Gasteiger partial charge in [0.25, 0.3) is 0 Å². The zero-order valence-corrected chi connectivity index (χ0v) is 28.2. The molecule has 39 heavy (non-hydrogen) atoms. The molecule has 236 valence electrons. The molecule has 0 fully saturated rings. The third kappa shape index (κ3) is 13.5. The van der Waals surface area contributed by atoms with E-state index in [2.05, 4.69) is 62.3 Å². The van der Waals surface area contributed by atoms with Crippen molar-refractivity contribution in [2.24, 2.45) is 22.6 Å². The normalized spacial score (nSPS) is 22.2. The number of rotatable bonds is 22. The lowest BCUT2D eigenvalue weighted by molar-refractivity contribution is -0.195. The van der Waals surface area contributed by atoms with Gasteiger partial charge in [-0.05, 0) is 88.0 Å². The van der Waals surface area contributed by atoms with E-state index in [1.165, 1.54) is 0 Å². The Labute approximate surface area is 243 Å². The van der Waals surface area contributed by atoms with Crippen LogP contribution in [0.1, 0.15) is 141 Å². The van der Waals surface area contributed by atoms with Crippen molar-refractivity contribution >= 4 is 0 Å². The molecule has 0 saturated heterocycles. The number of nitrogens with two attached hydrogens (primary N) is 3. The second-order valence-corrected chi connectivity index (χ2v) is 13.8. The van der Waals surface area contributed by atoms with Crippen LogP contribution in [0.25, 0.3) is 0 Å². The first-order valence-corrected chi connectivity index (χ1v) is 15.7. The van der Waals surface area contributed by atoms with E-state index in [9.17, 15) is 0 Å². The van der Waals surface area contributed by atoms with Gasteiger partial charge in [0.1, 0.15) is 5.72 Å². The van der Waals surface area contributed by atoms with Crippen LogP contribution in [0.5, 0.6) is 0 Å². The van der Waals surface area contributed by atoms with Gasteiger partial charge >= 0.3 is 0 Å². The van der Waals surface area contributed by atoms with Crippen LogP contribution < -0.4 is 17.2 Å². The zero-order chi connectivity index (χ0) is 30.7. The van der Waals surface area contributed by atoms with Crippen LogP contribution in [0.3, 0.4) is 0 Å². The molecule has 0 bridgehead atoms. The summed E-state index contributed by atoms with van der Waals surface area (Å²) in [6.07, 6.45) is 7.29. The van der Waals surface area contributed by atoms with Crippen LogP contribution in [-0.4, -0.2) is 60.0 Å². The SMILES string of the molecule is CCCCC(CC)(COC(C)(CC)CC(C)OC(C)(CC)C(C)N)COC(C)(C)C(C)OC(C)(N)CC(C)N. The fraction of sp³-hybridized carbons (Fsp3) is 1.00. The smallest absolute Gasteiger partial charge is 0.115 e. The first-order valence-electron chi connectivity index (χ1n) is 15.7. The van der Waals surface area contributed by atoms with Crippen LogP contribution in [0.15, 0.2) is 0 Å². The van der Waals surface area contributed by atoms with Crippen molar-refractivity contribution in [3.63, 3.8) is 0 Å². The fourth-order valence-electron chi connectivity index (χ4n) is 5.06. The van der Waals surface area contributed by atoms with E-state index in [0.717, 1.165) is 44.9 Å². The average molecular weight is 560 g/mol. The molecule has 0 aliphatic carbocycles. The fourth-order valence-corrected chi connectivity index (χ4v) is 5.06. The summed E-state index contributed by atoms with van der Waals surface area (Å²) in [6.45, 7) is 28.6. The summed E-state index contributed by atoms with van der Waals surface area (Å²) in [5.41, 5.74) is 16.6. The summed E-state index contributed by atoms with van der Waals surface area (Å²) in [5.74, 6) is 0. The van der Waals surface area contributed by atoms with Crippen molar-refractivity contribution in [2.45, 2.75) is 188 Å². The topological polar surface area (TPSA) is 115 Å². The predicted molar refractivity (Wildman–Crippen MR) is 166 cm³/mol. The molecule has 0 aromatic carbocycles. The minimum Gasteiger partial charge on any atom is -0.375 e. The minimum atomic E-state index is -0.807. The lowest BCUT2D eigenvalue weighted by atomic mass is 9.81. The molecule has 0 radical (unpaired) electrons. The molecule has 0 aliphatic heterocycles. The van der Waals surface area contributed by atoms with E-state index < -0.39 is 11.3 Å². The second kappa shape index (κ2) is 16.4. The lowest BCUT2D eigenvalue weighted by Crippen LogP contribution is -2.52. The van der Waals surface area contributed by atoms with Crippen molar-refractivity contribution < 1.29 is 18.9 Å². The van der Waals surface area contributed by atoms with E-state index in [-0.39, 0.29) is 40.9 Å². The Balaban J connectivity index is 5.57. The summed E-state index contributed by atoms with van der Waals surface area (Å²) in [6, 6.07) is -0.0752. The van der Waals surface area contributed by atoms with Crippen molar-refractivity contribution in [2.75, 3.05) is 13.2 Å². The molecule has 8 atom stereocenters. The summed E-state index contributed by atoms with van der Waals surface area (Å²) in [4.78, 5) is 0. The molecule has 0 saturated carbocycles. The molecule has 0 rings (SSSR count). The van der Waals surface area contributed by atoms with E-state index in [1.54, 1.807) is 0 Å². The summed E-state index contributed by atoms with van der Waals surface area (Å²) in [5, 5.41) is 0. The van der Waals surface area contributed by atoms with Gasteiger partial charge in [0.15, 0.2) is 0 Å². The van der Waals surface area contributed by atoms with Crippen molar-refractivity contribution in [3.05, 3.63) is 0 Å². The van der Waals surface area contributed by atoms with Gasteiger partial charge in [-0.15, -0.1) is 0 Å². The summed E-state index contributed by atoms with van der Waals surface area (Å²) >= 11 is 0. The Morgan fingerprint density at radius 3 is 1.72 bits per heavy atom. The average Bonchev–Trinajstić information content (AvgIpc) is 2.82. The highest BCUT2D eigenvalue weighted by atomic mass is 16.6. The molecule has 7 nitrogen and oxygen atoms in total. The van der Waals surface area contributed by atoms with E-state index in [1.807, 2.05) is 27.7 Å². The Hall–Kier alpha value is -0.280. The largest absolute Gasteiger partial charge is 0.375 e. The van der Waals surface area contributed by atoms with Gasteiger partial charge in [0.2, 0.25) is 0 Å². The molecule has 0 aromatic heterocycles. The third-order valence-corrected chi connectivity index (χ3v) is 9.04. The highest BCUT2D eigenvalue weighted by Gasteiger charge is 2.39. The van der Waals surface area contributed by atoms with Gasteiger partial charge in [-0.1, -0.05) is 40.5 Å². The Morgan fingerprint density at radius 1 is 0.718 bits per heavy atom. The standard InChI is InChI=1S/C32H69N3O4/c1-14-18-19-32(17-4,22-36-28(9,10)27(8)39-31(13,35)20-24(5)33)23-37-29(11,15-2)21-25(6)38-30(12,16-3)26(7)34/h24-27H,14-23,33-35H2,1-13H3. The highest BCUT2D eigenvalue weighted by molar-refractivity contribution is 4.88. The van der Waals surface area contributed by atoms with Gasteiger partial charge in [0.05, 0.1) is 42.2 Å². The quantitative estimate of drug-likeness (QED) is 0.127. The monoisotopic (exact) mass is 560 g/mol. The molecule has 6 N–H and O–H groups in total. The molecule has 0 aromatic rings. The Morgan fingerprint density at radius 2 is 1.28 bits per heavy atom. The minimum absolute atomic E-state index is 0.0348. The van der Waals surface area contributed by atoms with Gasteiger partial charge in [-0.3, -0.25) is 0 Å². The number of ether oxygens (including phenoxy) is 4. The van der Waals surface area contributed by atoms with Crippen LogP contribution in [-0.2, 0) is 18.9 Å². The maximum atomic E-state index is 6.81. The molecule has 0 aliphatic rings. The maximum absolute atomic E-state index is 6.81. The van der Waals surface area contributed by atoms with Crippen molar-refractivity contribution in [1.29, 1.82) is 0 Å². The van der Waals surface area contributed by atoms with Crippen molar-refractivity contribution in [1.82, 2.24) is 0 Å². The summed E-state index contributed by atoms with van der Waals surface area (Å²) < 4.78 is 26.2. The van der Waals surface area contributed by atoms with Crippen LogP contribution in [0, 0.1) is 5.41 Å². The van der Waals surface area contributed by atoms with E-state index in [0.29, 0.717) is 19.6 Å². The molecule has 0 heterocycles. The molecular weight excluding hydrogens is 490 g/mol. The Bertz CT molecular complexity index is 672. The number of hydrogen-bond donors (Lipinski definition) is 3. The first kappa shape index (κ1) is 38.7. The zero-order valence-electron chi connectivity index (χ0n) is 28.2. The highest BCUT2D eigenvalue weighted by Crippen LogP contribution is 2.36. The summed E-state index contributed by atoms with van der Waals surface area (Å²) in [7, 11) is 0.